The van der Waals surface area contributed by atoms with Gasteiger partial charge in [-0.25, -0.2) is 0 Å². The summed E-state index contributed by atoms with van der Waals surface area (Å²) in [4.78, 5) is 4.13. The van der Waals surface area contributed by atoms with Crippen molar-refractivity contribution < 1.29 is 14.2 Å². The molecule has 3 heterocycles. The normalized spacial score (nSPS) is 22.1. The van der Waals surface area contributed by atoms with Gasteiger partial charge in [-0.05, 0) is 49.5 Å². The van der Waals surface area contributed by atoms with Crippen LogP contribution in [-0.4, -0.2) is 37.9 Å². The standard InChI is InChI=1S/C22H29NO3S/c1-2-3-4-10-23-11-9-19(22-6-5-12-27-22)17(14-23)15-24-18-7-8-20-21(13-18)26-16-25-20/h5-8,12-13,17,19H,2-4,9-11,14-16H2,1H3/t17-,19+/m1/s1. The number of unbranched alkanes of at least 4 members (excludes halogenated alkanes) is 2. The molecule has 2 aromatic rings. The summed E-state index contributed by atoms with van der Waals surface area (Å²) in [7, 11) is 0. The summed E-state index contributed by atoms with van der Waals surface area (Å²) < 4.78 is 17.1. The zero-order valence-corrected chi connectivity index (χ0v) is 16.9. The Morgan fingerprint density at radius 2 is 2.11 bits per heavy atom. The van der Waals surface area contributed by atoms with Crippen molar-refractivity contribution in [3.8, 4) is 17.2 Å². The van der Waals surface area contributed by atoms with Crippen LogP contribution >= 0.6 is 11.3 Å². The molecule has 27 heavy (non-hydrogen) atoms. The first-order valence-corrected chi connectivity index (χ1v) is 11.0. The quantitative estimate of drug-likeness (QED) is 0.586. The molecule has 1 aromatic heterocycles. The molecule has 0 bridgehead atoms. The minimum atomic E-state index is 0.300. The van der Waals surface area contributed by atoms with Gasteiger partial charge in [0, 0.05) is 29.3 Å². The summed E-state index contributed by atoms with van der Waals surface area (Å²) in [5.41, 5.74) is 0. The maximum absolute atomic E-state index is 6.22. The molecule has 5 heteroatoms. The van der Waals surface area contributed by atoms with Gasteiger partial charge < -0.3 is 19.1 Å². The number of hydrogen-bond donors (Lipinski definition) is 0. The first-order valence-electron chi connectivity index (χ1n) is 10.1. The average Bonchev–Trinajstić information content (AvgIpc) is 3.38. The Kier molecular flexibility index (Phi) is 6.20. The highest BCUT2D eigenvalue weighted by Gasteiger charge is 2.31. The van der Waals surface area contributed by atoms with Crippen LogP contribution in [-0.2, 0) is 0 Å². The molecule has 2 aliphatic heterocycles. The van der Waals surface area contributed by atoms with Gasteiger partial charge in [-0.3, -0.25) is 0 Å². The molecule has 0 amide bonds. The molecule has 2 atom stereocenters. The highest BCUT2D eigenvalue weighted by molar-refractivity contribution is 7.10. The minimum Gasteiger partial charge on any atom is -0.493 e. The van der Waals surface area contributed by atoms with Gasteiger partial charge in [-0.2, -0.15) is 0 Å². The van der Waals surface area contributed by atoms with Crippen molar-refractivity contribution in [3.05, 3.63) is 40.6 Å². The van der Waals surface area contributed by atoms with Crippen LogP contribution in [0.1, 0.15) is 43.4 Å². The molecule has 1 fully saturated rings. The lowest BCUT2D eigenvalue weighted by Crippen LogP contribution is -2.42. The Hall–Kier alpha value is -1.72. The molecule has 146 valence electrons. The monoisotopic (exact) mass is 387 g/mol. The summed E-state index contributed by atoms with van der Waals surface area (Å²) >= 11 is 1.88. The zero-order chi connectivity index (χ0) is 18.5. The van der Waals surface area contributed by atoms with E-state index in [1.807, 2.05) is 29.5 Å². The molecular weight excluding hydrogens is 358 g/mol. The van der Waals surface area contributed by atoms with Gasteiger partial charge in [0.2, 0.25) is 6.79 Å². The van der Waals surface area contributed by atoms with E-state index < -0.39 is 0 Å². The van der Waals surface area contributed by atoms with Gasteiger partial charge in [0.1, 0.15) is 5.75 Å². The highest BCUT2D eigenvalue weighted by atomic mass is 32.1. The lowest BCUT2D eigenvalue weighted by Gasteiger charge is -2.38. The van der Waals surface area contributed by atoms with Crippen LogP contribution in [0.5, 0.6) is 17.2 Å². The summed E-state index contributed by atoms with van der Waals surface area (Å²) in [5.74, 6) is 3.57. The summed E-state index contributed by atoms with van der Waals surface area (Å²) in [6.07, 6.45) is 5.13. The predicted octanol–water partition coefficient (Wildman–Crippen LogP) is 5.15. The third kappa shape index (κ3) is 4.58. The molecule has 2 aliphatic rings. The SMILES string of the molecule is CCCCCN1CC[C@H](c2cccs2)[C@@H](COc2ccc3c(c2)OCO3)C1. The number of ether oxygens (including phenoxy) is 3. The second-order valence-corrected chi connectivity index (χ2v) is 8.48. The van der Waals surface area contributed by atoms with Crippen LogP contribution in [0, 0.1) is 5.92 Å². The van der Waals surface area contributed by atoms with Crippen molar-refractivity contribution in [2.45, 2.75) is 38.5 Å². The summed E-state index contributed by atoms with van der Waals surface area (Å²) in [6.45, 7) is 6.85. The minimum absolute atomic E-state index is 0.300. The molecule has 0 saturated carbocycles. The zero-order valence-electron chi connectivity index (χ0n) is 16.1. The van der Waals surface area contributed by atoms with Crippen LogP contribution in [0.2, 0.25) is 0 Å². The van der Waals surface area contributed by atoms with Gasteiger partial charge in [-0.15, -0.1) is 11.3 Å². The smallest absolute Gasteiger partial charge is 0.231 e. The second kappa shape index (κ2) is 8.98. The van der Waals surface area contributed by atoms with E-state index >= 15 is 0 Å². The fourth-order valence-corrected chi connectivity index (χ4v) is 5.07. The fourth-order valence-electron chi connectivity index (χ4n) is 4.11. The topological polar surface area (TPSA) is 30.9 Å². The van der Waals surface area contributed by atoms with Gasteiger partial charge in [0.05, 0.1) is 6.61 Å². The highest BCUT2D eigenvalue weighted by Crippen LogP contribution is 2.38. The molecule has 0 spiro atoms. The van der Waals surface area contributed by atoms with Gasteiger partial charge >= 0.3 is 0 Å². The van der Waals surface area contributed by atoms with E-state index in [4.69, 9.17) is 14.2 Å². The largest absolute Gasteiger partial charge is 0.493 e. The van der Waals surface area contributed by atoms with E-state index in [-0.39, 0.29) is 0 Å². The van der Waals surface area contributed by atoms with E-state index in [0.717, 1.165) is 30.4 Å². The Morgan fingerprint density at radius 1 is 1.19 bits per heavy atom. The van der Waals surface area contributed by atoms with Gasteiger partial charge in [0.15, 0.2) is 11.5 Å². The number of nitrogens with zero attached hydrogens (tertiary/aromatic N) is 1. The fraction of sp³-hybridized carbons (Fsp3) is 0.545. The first kappa shape index (κ1) is 18.6. The first-order chi connectivity index (χ1) is 13.3. The van der Waals surface area contributed by atoms with Crippen molar-refractivity contribution in [2.24, 2.45) is 5.92 Å². The maximum atomic E-state index is 6.22. The van der Waals surface area contributed by atoms with Crippen molar-refractivity contribution in [3.63, 3.8) is 0 Å². The number of hydrogen-bond acceptors (Lipinski definition) is 5. The molecule has 4 nitrogen and oxygen atoms in total. The lowest BCUT2D eigenvalue weighted by atomic mass is 9.84. The Balaban J connectivity index is 1.40. The van der Waals surface area contributed by atoms with Gasteiger partial charge in [0.25, 0.3) is 0 Å². The molecule has 0 unspecified atom stereocenters. The van der Waals surface area contributed by atoms with Crippen LogP contribution < -0.4 is 14.2 Å². The number of likely N-dealkylation sites (tertiary alicyclic amines) is 1. The van der Waals surface area contributed by atoms with Crippen molar-refractivity contribution in [2.75, 3.05) is 33.0 Å². The van der Waals surface area contributed by atoms with Crippen molar-refractivity contribution >= 4 is 11.3 Å². The number of benzene rings is 1. The molecule has 1 aromatic carbocycles. The summed E-state index contributed by atoms with van der Waals surface area (Å²) in [6, 6.07) is 10.3. The third-order valence-corrected chi connectivity index (χ3v) is 6.62. The van der Waals surface area contributed by atoms with Crippen molar-refractivity contribution in [1.29, 1.82) is 0 Å². The van der Waals surface area contributed by atoms with Crippen molar-refractivity contribution in [1.82, 2.24) is 4.90 Å². The third-order valence-electron chi connectivity index (χ3n) is 5.61. The van der Waals surface area contributed by atoms with Crippen LogP contribution in [0.3, 0.4) is 0 Å². The molecule has 0 aliphatic carbocycles. The Bertz CT molecular complexity index is 718. The molecular formula is C22H29NO3S. The summed E-state index contributed by atoms with van der Waals surface area (Å²) in [5, 5.41) is 2.19. The van der Waals surface area contributed by atoms with Gasteiger partial charge in [-0.1, -0.05) is 25.8 Å². The molecule has 0 N–H and O–H groups in total. The van der Waals surface area contributed by atoms with E-state index in [2.05, 4.69) is 29.3 Å². The van der Waals surface area contributed by atoms with E-state index in [1.54, 1.807) is 0 Å². The van der Waals surface area contributed by atoms with E-state index in [0.29, 0.717) is 18.6 Å². The number of fused-ring (bicyclic) bond motifs is 1. The second-order valence-electron chi connectivity index (χ2n) is 7.50. The number of piperidine rings is 1. The number of thiophene rings is 1. The maximum Gasteiger partial charge on any atom is 0.231 e. The van der Waals surface area contributed by atoms with E-state index in [1.165, 1.54) is 43.6 Å². The molecule has 4 rings (SSSR count). The average molecular weight is 388 g/mol. The van der Waals surface area contributed by atoms with Crippen LogP contribution in [0.25, 0.3) is 0 Å². The van der Waals surface area contributed by atoms with Crippen LogP contribution in [0.4, 0.5) is 0 Å². The van der Waals surface area contributed by atoms with Crippen LogP contribution in [0.15, 0.2) is 35.7 Å². The Morgan fingerprint density at radius 3 is 2.96 bits per heavy atom. The van der Waals surface area contributed by atoms with E-state index in [9.17, 15) is 0 Å². The predicted molar refractivity (Wildman–Crippen MR) is 109 cm³/mol. The number of rotatable bonds is 8. The Labute approximate surface area is 166 Å². The molecule has 1 saturated heterocycles. The molecule has 0 radical (unpaired) electrons. The lowest BCUT2D eigenvalue weighted by molar-refractivity contribution is 0.110.